The molecule has 1 N–H and O–H groups in total. The maximum atomic E-state index is 13.7. The number of halogens is 2. The van der Waals surface area contributed by atoms with Gasteiger partial charge in [-0.1, -0.05) is 71.7 Å². The smallest absolute Gasteiger partial charge is 0.264 e. The molecule has 0 aliphatic carbocycles. The third-order valence-electron chi connectivity index (χ3n) is 5.69. The van der Waals surface area contributed by atoms with Gasteiger partial charge in [0.2, 0.25) is 11.8 Å². The summed E-state index contributed by atoms with van der Waals surface area (Å²) in [4.78, 5) is 27.5. The number of hydrogen-bond acceptors (Lipinski definition) is 4. The Kier molecular flexibility index (Phi) is 9.37. The van der Waals surface area contributed by atoms with Crippen LogP contribution in [0.25, 0.3) is 0 Å². The van der Waals surface area contributed by atoms with E-state index in [4.69, 9.17) is 23.2 Å². The molecule has 36 heavy (non-hydrogen) atoms. The first-order valence-corrected chi connectivity index (χ1v) is 13.4. The van der Waals surface area contributed by atoms with E-state index in [0.29, 0.717) is 11.4 Å². The lowest BCUT2D eigenvalue weighted by molar-refractivity contribution is -0.138. The Morgan fingerprint density at radius 2 is 1.56 bits per heavy atom. The first-order valence-electron chi connectivity index (χ1n) is 11.2. The van der Waals surface area contributed by atoms with Gasteiger partial charge < -0.3 is 10.2 Å². The Bertz CT molecular complexity index is 1310. The van der Waals surface area contributed by atoms with Crippen molar-refractivity contribution in [1.82, 2.24) is 10.2 Å². The minimum absolute atomic E-state index is 0.000924. The number of nitrogens with zero attached hydrogens (tertiary/aromatic N) is 2. The summed E-state index contributed by atoms with van der Waals surface area (Å²) in [6.07, 6.45) is 0.487. The predicted molar refractivity (Wildman–Crippen MR) is 143 cm³/mol. The normalized spacial score (nSPS) is 12.0. The zero-order valence-electron chi connectivity index (χ0n) is 19.9. The molecule has 0 heterocycles. The van der Waals surface area contributed by atoms with Crippen molar-refractivity contribution < 1.29 is 18.0 Å². The molecule has 0 radical (unpaired) electrons. The van der Waals surface area contributed by atoms with Crippen molar-refractivity contribution in [3.63, 3.8) is 0 Å². The van der Waals surface area contributed by atoms with Crippen molar-refractivity contribution in [3.05, 3.63) is 94.5 Å². The van der Waals surface area contributed by atoms with Crippen molar-refractivity contribution in [3.8, 4) is 0 Å². The van der Waals surface area contributed by atoms with E-state index in [1.54, 1.807) is 25.1 Å². The van der Waals surface area contributed by atoms with Gasteiger partial charge >= 0.3 is 0 Å². The number of rotatable bonds is 10. The van der Waals surface area contributed by atoms with Gasteiger partial charge in [0, 0.05) is 18.6 Å². The van der Waals surface area contributed by atoms with Gasteiger partial charge in [0.15, 0.2) is 0 Å². The third-order valence-corrected chi connectivity index (χ3v) is 8.00. The fourth-order valence-electron chi connectivity index (χ4n) is 3.70. The molecule has 0 spiro atoms. The Balaban J connectivity index is 1.99. The molecule has 1 unspecified atom stereocenters. The Hall–Kier alpha value is -3.07. The van der Waals surface area contributed by atoms with Crippen molar-refractivity contribution in [2.75, 3.05) is 24.4 Å². The summed E-state index contributed by atoms with van der Waals surface area (Å²) in [6.45, 7) is 1.26. The molecule has 10 heteroatoms. The lowest BCUT2D eigenvalue weighted by Crippen LogP contribution is -2.51. The van der Waals surface area contributed by atoms with Crippen LogP contribution < -0.4 is 9.62 Å². The molecule has 0 saturated heterocycles. The second-order valence-electron chi connectivity index (χ2n) is 8.03. The van der Waals surface area contributed by atoms with Gasteiger partial charge in [0.05, 0.1) is 15.6 Å². The minimum atomic E-state index is -4.18. The molecule has 3 aromatic carbocycles. The number of nitrogens with one attached hydrogen (secondary N) is 1. The summed E-state index contributed by atoms with van der Waals surface area (Å²) >= 11 is 12.4. The highest BCUT2D eigenvalue weighted by Gasteiger charge is 2.33. The highest BCUT2D eigenvalue weighted by molar-refractivity contribution is 7.92. The maximum Gasteiger partial charge on any atom is 0.264 e. The molecule has 0 bridgehead atoms. The second-order valence-corrected chi connectivity index (χ2v) is 10.7. The number of amides is 2. The van der Waals surface area contributed by atoms with Gasteiger partial charge in [-0.15, -0.1) is 0 Å². The van der Waals surface area contributed by atoms with Crippen molar-refractivity contribution in [2.45, 2.75) is 24.3 Å². The molecule has 7 nitrogen and oxygen atoms in total. The van der Waals surface area contributed by atoms with E-state index in [9.17, 15) is 18.0 Å². The number of likely N-dealkylation sites (N-methyl/N-ethyl adjacent to an activating group) is 1. The Labute approximate surface area is 221 Å². The van der Waals surface area contributed by atoms with Gasteiger partial charge in [0.1, 0.15) is 12.6 Å². The fourth-order valence-corrected chi connectivity index (χ4v) is 5.71. The molecule has 2 amide bonds. The Morgan fingerprint density at radius 1 is 0.944 bits per heavy atom. The van der Waals surface area contributed by atoms with Crippen LogP contribution in [0.4, 0.5) is 5.69 Å². The second kappa shape index (κ2) is 12.3. The van der Waals surface area contributed by atoms with Gasteiger partial charge in [-0.3, -0.25) is 13.9 Å². The van der Waals surface area contributed by atoms with Crippen LogP contribution >= 0.6 is 23.2 Å². The number of sulfonamides is 1. The number of benzene rings is 3. The van der Waals surface area contributed by atoms with E-state index in [1.165, 1.54) is 42.3 Å². The summed E-state index contributed by atoms with van der Waals surface area (Å²) in [5.41, 5.74) is 1.09. The molecule has 0 aliphatic rings. The van der Waals surface area contributed by atoms with Crippen molar-refractivity contribution in [1.29, 1.82) is 0 Å². The van der Waals surface area contributed by atoms with Crippen LogP contribution in [0.3, 0.4) is 0 Å². The standard InChI is InChI=1S/C26H27Cl2N3O4S/c1-19(26(33)29-2)30(16-15-20-9-5-3-6-10-20)25(32)18-31(24-14-13-21(27)17-23(24)28)36(34,35)22-11-7-4-8-12-22/h3-14,17,19H,15-16,18H2,1-2H3,(H,29,33). The summed E-state index contributed by atoms with van der Waals surface area (Å²) < 4.78 is 28.3. The van der Waals surface area contributed by atoms with E-state index >= 15 is 0 Å². The molecule has 1 atom stereocenters. The van der Waals surface area contributed by atoms with Gasteiger partial charge in [-0.05, 0) is 49.2 Å². The molecular weight excluding hydrogens is 521 g/mol. The molecule has 3 aromatic rings. The van der Waals surface area contributed by atoms with E-state index in [1.807, 2.05) is 30.3 Å². The Morgan fingerprint density at radius 3 is 2.14 bits per heavy atom. The number of carbonyl (C=O) groups is 2. The summed E-state index contributed by atoms with van der Waals surface area (Å²) in [6, 6.07) is 20.8. The third kappa shape index (κ3) is 6.57. The van der Waals surface area contributed by atoms with Crippen LogP contribution in [-0.4, -0.2) is 51.3 Å². The molecular formula is C26H27Cl2N3O4S. The molecule has 0 aromatic heterocycles. The SMILES string of the molecule is CNC(=O)C(C)N(CCc1ccccc1)C(=O)CN(c1ccc(Cl)cc1Cl)S(=O)(=O)c1ccccc1. The van der Waals surface area contributed by atoms with Crippen molar-refractivity contribution in [2.24, 2.45) is 0 Å². The number of hydrogen-bond donors (Lipinski definition) is 1. The monoisotopic (exact) mass is 547 g/mol. The molecule has 3 rings (SSSR count). The molecule has 0 aliphatic heterocycles. The minimum Gasteiger partial charge on any atom is -0.357 e. The first kappa shape index (κ1) is 27.5. The lowest BCUT2D eigenvalue weighted by Gasteiger charge is -2.32. The topological polar surface area (TPSA) is 86.8 Å². The van der Waals surface area contributed by atoms with Crippen LogP contribution in [0.15, 0.2) is 83.8 Å². The lowest BCUT2D eigenvalue weighted by atomic mass is 10.1. The summed E-state index contributed by atoms with van der Waals surface area (Å²) in [5.74, 6) is -0.911. The zero-order valence-corrected chi connectivity index (χ0v) is 22.2. The summed E-state index contributed by atoms with van der Waals surface area (Å²) in [5, 5.41) is 2.95. The number of anilines is 1. The predicted octanol–water partition coefficient (Wildman–Crippen LogP) is 4.39. The largest absolute Gasteiger partial charge is 0.357 e. The molecule has 190 valence electrons. The maximum absolute atomic E-state index is 13.7. The van der Waals surface area contributed by atoms with Gasteiger partial charge in [-0.25, -0.2) is 8.42 Å². The van der Waals surface area contributed by atoms with Gasteiger partial charge in [0.25, 0.3) is 10.0 Å². The van der Waals surface area contributed by atoms with Crippen LogP contribution in [0.1, 0.15) is 12.5 Å². The summed E-state index contributed by atoms with van der Waals surface area (Å²) in [7, 11) is -2.69. The van der Waals surface area contributed by atoms with Crippen LogP contribution in [0.5, 0.6) is 0 Å². The van der Waals surface area contributed by atoms with Crippen LogP contribution in [-0.2, 0) is 26.0 Å². The van der Waals surface area contributed by atoms with Crippen LogP contribution in [0, 0.1) is 0 Å². The average molecular weight is 548 g/mol. The molecule has 0 fully saturated rings. The fraction of sp³-hybridized carbons (Fsp3) is 0.231. The first-order chi connectivity index (χ1) is 17.1. The molecule has 0 saturated carbocycles. The van der Waals surface area contributed by atoms with E-state index in [0.717, 1.165) is 9.87 Å². The zero-order chi connectivity index (χ0) is 26.3. The van der Waals surface area contributed by atoms with E-state index in [-0.39, 0.29) is 28.1 Å². The van der Waals surface area contributed by atoms with Gasteiger partial charge in [-0.2, -0.15) is 0 Å². The van der Waals surface area contributed by atoms with E-state index < -0.39 is 28.5 Å². The van der Waals surface area contributed by atoms with E-state index in [2.05, 4.69) is 5.32 Å². The van der Waals surface area contributed by atoms with Crippen molar-refractivity contribution >= 4 is 50.7 Å². The number of carbonyl (C=O) groups excluding carboxylic acids is 2. The quantitative estimate of drug-likeness (QED) is 0.407. The van der Waals surface area contributed by atoms with Crippen LogP contribution in [0.2, 0.25) is 10.0 Å². The highest BCUT2D eigenvalue weighted by atomic mass is 35.5. The highest BCUT2D eigenvalue weighted by Crippen LogP contribution is 2.32. The average Bonchev–Trinajstić information content (AvgIpc) is 2.88.